The number of rotatable bonds is 7. The summed E-state index contributed by atoms with van der Waals surface area (Å²) < 4.78 is 33.7. The molecule has 0 aliphatic heterocycles. The molecule has 0 saturated carbocycles. The van der Waals surface area contributed by atoms with Crippen LogP contribution in [0, 0.1) is 0 Å². The number of sulfonamides is 1. The third-order valence-electron chi connectivity index (χ3n) is 3.27. The van der Waals surface area contributed by atoms with Gasteiger partial charge in [0.1, 0.15) is 16.3 Å². The van der Waals surface area contributed by atoms with E-state index in [4.69, 9.17) is 4.74 Å². The van der Waals surface area contributed by atoms with Gasteiger partial charge in [0, 0.05) is 12.6 Å². The fourth-order valence-corrected chi connectivity index (χ4v) is 2.88. The smallest absolute Gasteiger partial charge is 0.243 e. The molecule has 0 fully saturated rings. The molecule has 22 heavy (non-hydrogen) atoms. The molecular weight excluding hydrogens is 304 g/mol. The molecule has 1 heterocycles. The van der Waals surface area contributed by atoms with E-state index in [0.29, 0.717) is 18.0 Å². The van der Waals surface area contributed by atoms with Crippen molar-refractivity contribution in [3.8, 4) is 11.4 Å². The summed E-state index contributed by atoms with van der Waals surface area (Å²) in [6, 6.07) is 7.31. The Labute approximate surface area is 130 Å². The second-order valence-corrected chi connectivity index (χ2v) is 6.60. The van der Waals surface area contributed by atoms with Gasteiger partial charge in [0.25, 0.3) is 0 Å². The first-order chi connectivity index (χ1) is 10.5. The molecule has 0 aliphatic carbocycles. The highest BCUT2D eigenvalue weighted by atomic mass is 32.2. The van der Waals surface area contributed by atoms with Crippen LogP contribution in [0.3, 0.4) is 0 Å². The minimum absolute atomic E-state index is 0.0408. The summed E-state index contributed by atoms with van der Waals surface area (Å²) in [6.45, 7) is 2.19. The Morgan fingerprint density at radius 3 is 2.77 bits per heavy atom. The van der Waals surface area contributed by atoms with Crippen LogP contribution in [0.15, 0.2) is 41.6 Å². The molecule has 0 saturated heterocycles. The van der Waals surface area contributed by atoms with Crippen LogP contribution >= 0.6 is 0 Å². The van der Waals surface area contributed by atoms with Crippen molar-refractivity contribution >= 4 is 10.0 Å². The molecule has 1 unspecified atom stereocenters. The van der Waals surface area contributed by atoms with Gasteiger partial charge in [-0.05, 0) is 26.1 Å². The van der Waals surface area contributed by atoms with Crippen LogP contribution in [0.4, 0.5) is 0 Å². The molecular formula is C14H20N4O3S. The second kappa shape index (κ2) is 6.91. The molecule has 1 aromatic carbocycles. The molecule has 2 N–H and O–H groups in total. The van der Waals surface area contributed by atoms with E-state index >= 15 is 0 Å². The van der Waals surface area contributed by atoms with Gasteiger partial charge < -0.3 is 10.1 Å². The van der Waals surface area contributed by atoms with Crippen molar-refractivity contribution < 1.29 is 13.2 Å². The average molecular weight is 324 g/mol. The molecule has 0 radical (unpaired) electrons. The predicted molar refractivity (Wildman–Crippen MR) is 83.8 cm³/mol. The minimum atomic E-state index is -3.59. The summed E-state index contributed by atoms with van der Waals surface area (Å²) in [5.41, 5.74) is 0.676. The van der Waals surface area contributed by atoms with Crippen LogP contribution in [0.5, 0.6) is 5.75 Å². The van der Waals surface area contributed by atoms with Gasteiger partial charge in [0.05, 0.1) is 19.5 Å². The number of methoxy groups -OCH3 is 1. The van der Waals surface area contributed by atoms with E-state index in [1.54, 1.807) is 26.3 Å². The highest BCUT2D eigenvalue weighted by Crippen LogP contribution is 2.22. The Morgan fingerprint density at radius 2 is 2.09 bits per heavy atom. The summed E-state index contributed by atoms with van der Waals surface area (Å²) in [5.74, 6) is 0.617. The van der Waals surface area contributed by atoms with Gasteiger partial charge in [-0.2, -0.15) is 5.10 Å². The number of hydrogen-bond donors (Lipinski definition) is 2. The van der Waals surface area contributed by atoms with E-state index in [9.17, 15) is 8.42 Å². The standard InChI is InChI=1S/C14H20N4O3S/c1-11(15-2)8-17-22(19,20)12-9-16-18(10-12)13-6-4-5-7-14(13)21-3/h4-7,9-11,15,17H,8H2,1-3H3. The van der Waals surface area contributed by atoms with Gasteiger partial charge in [-0.3, -0.25) is 0 Å². The summed E-state index contributed by atoms with van der Waals surface area (Å²) in [5, 5.41) is 7.08. The quantitative estimate of drug-likeness (QED) is 0.786. The fourth-order valence-electron chi connectivity index (χ4n) is 1.82. The molecule has 2 rings (SSSR count). The van der Waals surface area contributed by atoms with Gasteiger partial charge >= 0.3 is 0 Å². The SMILES string of the molecule is CNC(C)CNS(=O)(=O)c1cnn(-c2ccccc2OC)c1. The Kier molecular flexibility index (Phi) is 5.17. The van der Waals surface area contributed by atoms with Crippen LogP contribution < -0.4 is 14.8 Å². The van der Waals surface area contributed by atoms with Crippen LogP contribution in [-0.2, 0) is 10.0 Å². The summed E-state index contributed by atoms with van der Waals surface area (Å²) in [4.78, 5) is 0.113. The van der Waals surface area contributed by atoms with Gasteiger partial charge in [-0.25, -0.2) is 17.8 Å². The first-order valence-corrected chi connectivity index (χ1v) is 8.31. The molecule has 7 nitrogen and oxygen atoms in total. The Hall–Kier alpha value is -1.90. The van der Waals surface area contributed by atoms with Crippen LogP contribution in [0.25, 0.3) is 5.69 Å². The third kappa shape index (κ3) is 3.65. The monoisotopic (exact) mass is 324 g/mol. The van der Waals surface area contributed by atoms with E-state index in [2.05, 4.69) is 15.1 Å². The highest BCUT2D eigenvalue weighted by molar-refractivity contribution is 7.89. The second-order valence-electron chi connectivity index (χ2n) is 4.83. The number of hydrogen-bond acceptors (Lipinski definition) is 5. The highest BCUT2D eigenvalue weighted by Gasteiger charge is 2.18. The van der Waals surface area contributed by atoms with E-state index in [1.165, 1.54) is 17.1 Å². The van der Waals surface area contributed by atoms with Crippen molar-refractivity contribution in [3.63, 3.8) is 0 Å². The van der Waals surface area contributed by atoms with Crippen LogP contribution in [0.1, 0.15) is 6.92 Å². The Balaban J connectivity index is 2.24. The predicted octanol–water partition coefficient (Wildman–Crippen LogP) is 0.767. The summed E-state index contributed by atoms with van der Waals surface area (Å²) >= 11 is 0. The van der Waals surface area contributed by atoms with Crippen molar-refractivity contribution in [2.45, 2.75) is 17.9 Å². The Morgan fingerprint density at radius 1 is 1.36 bits per heavy atom. The van der Waals surface area contributed by atoms with Crippen molar-refractivity contribution in [1.29, 1.82) is 0 Å². The van der Waals surface area contributed by atoms with Crippen molar-refractivity contribution in [1.82, 2.24) is 19.8 Å². The van der Waals surface area contributed by atoms with Crippen molar-refractivity contribution in [2.24, 2.45) is 0 Å². The zero-order valence-electron chi connectivity index (χ0n) is 12.8. The van der Waals surface area contributed by atoms with E-state index < -0.39 is 10.0 Å². The van der Waals surface area contributed by atoms with Gasteiger partial charge in [-0.15, -0.1) is 0 Å². The van der Waals surface area contributed by atoms with Crippen LogP contribution in [0.2, 0.25) is 0 Å². The number of nitrogens with one attached hydrogen (secondary N) is 2. The number of nitrogens with zero attached hydrogens (tertiary/aromatic N) is 2. The molecule has 0 spiro atoms. The first kappa shape index (κ1) is 16.5. The minimum Gasteiger partial charge on any atom is -0.494 e. The van der Waals surface area contributed by atoms with Crippen LogP contribution in [-0.4, -0.2) is 44.9 Å². The molecule has 120 valence electrons. The fraction of sp³-hybridized carbons (Fsp3) is 0.357. The van der Waals surface area contributed by atoms with Gasteiger partial charge in [0.15, 0.2) is 0 Å². The van der Waals surface area contributed by atoms with E-state index in [1.807, 2.05) is 19.1 Å². The zero-order valence-corrected chi connectivity index (χ0v) is 13.6. The maximum Gasteiger partial charge on any atom is 0.243 e. The molecule has 0 bridgehead atoms. The van der Waals surface area contributed by atoms with Crippen molar-refractivity contribution in [3.05, 3.63) is 36.7 Å². The average Bonchev–Trinajstić information content (AvgIpc) is 3.03. The molecule has 2 aromatic rings. The largest absolute Gasteiger partial charge is 0.494 e. The van der Waals surface area contributed by atoms with Crippen molar-refractivity contribution in [2.75, 3.05) is 20.7 Å². The summed E-state index contributed by atoms with van der Waals surface area (Å²) in [6.07, 6.45) is 2.78. The maximum absolute atomic E-state index is 12.2. The Bertz CT molecular complexity index is 727. The molecule has 0 aliphatic rings. The maximum atomic E-state index is 12.2. The van der Waals surface area contributed by atoms with E-state index in [0.717, 1.165) is 0 Å². The zero-order chi connectivity index (χ0) is 16.2. The first-order valence-electron chi connectivity index (χ1n) is 6.83. The lowest BCUT2D eigenvalue weighted by molar-refractivity contribution is 0.411. The number of aromatic nitrogens is 2. The molecule has 0 amide bonds. The normalized spacial score (nSPS) is 13.0. The summed E-state index contributed by atoms with van der Waals surface area (Å²) in [7, 11) is -0.254. The van der Waals surface area contributed by atoms with E-state index in [-0.39, 0.29) is 10.9 Å². The number of benzene rings is 1. The number of ether oxygens (including phenoxy) is 1. The van der Waals surface area contributed by atoms with Gasteiger partial charge in [0.2, 0.25) is 10.0 Å². The lowest BCUT2D eigenvalue weighted by Crippen LogP contribution is -2.37. The van der Waals surface area contributed by atoms with Gasteiger partial charge in [-0.1, -0.05) is 12.1 Å². The number of likely N-dealkylation sites (N-methyl/N-ethyl adjacent to an activating group) is 1. The molecule has 1 aromatic heterocycles. The lowest BCUT2D eigenvalue weighted by Gasteiger charge is -2.10. The molecule has 8 heteroatoms. The topological polar surface area (TPSA) is 85.3 Å². The molecule has 1 atom stereocenters. The number of para-hydroxylation sites is 2. The third-order valence-corrected chi connectivity index (χ3v) is 4.65. The lowest BCUT2D eigenvalue weighted by atomic mass is 10.3.